The van der Waals surface area contributed by atoms with Gasteiger partial charge in [-0.25, -0.2) is 0 Å². The molecule has 0 aliphatic carbocycles. The van der Waals surface area contributed by atoms with Crippen molar-refractivity contribution in [1.82, 2.24) is 19.7 Å². The molecule has 1 aromatic rings. The van der Waals surface area contributed by atoms with Gasteiger partial charge < -0.3 is 14.7 Å². The molecule has 0 N–H and O–H groups in total. The second-order valence-corrected chi connectivity index (χ2v) is 8.26. The fourth-order valence-corrected chi connectivity index (χ4v) is 4.81. The number of piperidine rings is 2. The van der Waals surface area contributed by atoms with Crippen molar-refractivity contribution in [3.63, 3.8) is 0 Å². The Hall–Kier alpha value is -1.95. The van der Waals surface area contributed by atoms with Gasteiger partial charge >= 0.3 is 0 Å². The first-order valence-corrected chi connectivity index (χ1v) is 9.74. The van der Waals surface area contributed by atoms with Crippen LogP contribution in [-0.2, 0) is 4.79 Å². The molecule has 0 aromatic carbocycles. The van der Waals surface area contributed by atoms with Crippen LogP contribution < -0.4 is 0 Å². The standard InChI is InChI=1S/C20H28N4O2/c1-22-10-5-17(14-22)24-15-20(6-4-18(24)25)7-11-23(12-8-20)19(26)16-3-2-9-21-13-16/h2-3,9,13,17H,4-8,10-12,14-15H2,1H3/t17-/m1/s1. The highest BCUT2D eigenvalue weighted by molar-refractivity contribution is 5.93. The Bertz CT molecular complexity index is 670. The van der Waals surface area contributed by atoms with Crippen LogP contribution in [0.2, 0.25) is 0 Å². The number of pyridine rings is 1. The van der Waals surface area contributed by atoms with Crippen LogP contribution in [0.3, 0.4) is 0 Å². The van der Waals surface area contributed by atoms with Crippen molar-refractivity contribution < 1.29 is 9.59 Å². The third-order valence-corrected chi connectivity index (χ3v) is 6.52. The Kier molecular flexibility index (Phi) is 4.69. The predicted molar refractivity (Wildman–Crippen MR) is 98.7 cm³/mol. The first-order valence-electron chi connectivity index (χ1n) is 9.74. The number of hydrogen-bond donors (Lipinski definition) is 0. The third-order valence-electron chi connectivity index (χ3n) is 6.52. The Labute approximate surface area is 155 Å². The summed E-state index contributed by atoms with van der Waals surface area (Å²) < 4.78 is 0. The van der Waals surface area contributed by atoms with Crippen molar-refractivity contribution in [1.29, 1.82) is 0 Å². The van der Waals surface area contributed by atoms with E-state index in [1.165, 1.54) is 0 Å². The smallest absolute Gasteiger partial charge is 0.255 e. The van der Waals surface area contributed by atoms with Gasteiger partial charge in [0.05, 0.1) is 5.56 Å². The van der Waals surface area contributed by atoms with E-state index >= 15 is 0 Å². The van der Waals surface area contributed by atoms with E-state index in [1.807, 2.05) is 17.0 Å². The van der Waals surface area contributed by atoms with Crippen LogP contribution in [0.25, 0.3) is 0 Å². The largest absolute Gasteiger partial charge is 0.339 e. The van der Waals surface area contributed by atoms with Gasteiger partial charge in [-0.2, -0.15) is 0 Å². The molecule has 0 unspecified atom stereocenters. The SMILES string of the molecule is CN1CC[C@@H](N2CC3(CCC2=O)CCN(C(=O)c2cccnc2)CC3)C1. The molecule has 26 heavy (non-hydrogen) atoms. The van der Waals surface area contributed by atoms with Gasteiger partial charge in [-0.05, 0) is 56.8 Å². The Morgan fingerprint density at radius 2 is 2.04 bits per heavy atom. The normalized spacial score (nSPS) is 26.5. The molecule has 0 saturated carbocycles. The number of likely N-dealkylation sites (tertiary alicyclic amines) is 3. The quantitative estimate of drug-likeness (QED) is 0.808. The summed E-state index contributed by atoms with van der Waals surface area (Å²) in [6.07, 6.45) is 8.04. The van der Waals surface area contributed by atoms with E-state index in [0.29, 0.717) is 23.9 Å². The van der Waals surface area contributed by atoms with Gasteiger partial charge in [-0.3, -0.25) is 14.6 Å². The topological polar surface area (TPSA) is 56.8 Å². The average molecular weight is 356 g/mol. The number of amides is 2. The molecule has 1 aromatic heterocycles. The summed E-state index contributed by atoms with van der Waals surface area (Å²) in [6.45, 7) is 4.50. The van der Waals surface area contributed by atoms with E-state index < -0.39 is 0 Å². The maximum absolute atomic E-state index is 12.6. The molecule has 2 amide bonds. The van der Waals surface area contributed by atoms with Crippen molar-refractivity contribution in [2.24, 2.45) is 5.41 Å². The number of carbonyl (C=O) groups is 2. The number of likely N-dealkylation sites (N-methyl/N-ethyl adjacent to an activating group) is 1. The monoisotopic (exact) mass is 356 g/mol. The minimum atomic E-state index is 0.0779. The molecule has 6 heteroatoms. The molecule has 1 atom stereocenters. The summed E-state index contributed by atoms with van der Waals surface area (Å²) in [6, 6.07) is 4.01. The van der Waals surface area contributed by atoms with Gasteiger partial charge in [0.25, 0.3) is 5.91 Å². The highest BCUT2D eigenvalue weighted by atomic mass is 16.2. The summed E-state index contributed by atoms with van der Waals surface area (Å²) in [5, 5.41) is 0. The third kappa shape index (κ3) is 3.34. The zero-order valence-electron chi connectivity index (χ0n) is 15.6. The minimum Gasteiger partial charge on any atom is -0.339 e. The fourth-order valence-electron chi connectivity index (χ4n) is 4.81. The molecule has 3 fully saturated rings. The van der Waals surface area contributed by atoms with Crippen molar-refractivity contribution >= 4 is 11.8 Å². The summed E-state index contributed by atoms with van der Waals surface area (Å²) >= 11 is 0. The summed E-state index contributed by atoms with van der Waals surface area (Å²) in [5.41, 5.74) is 0.860. The molecule has 140 valence electrons. The molecular formula is C20H28N4O2. The van der Waals surface area contributed by atoms with Crippen molar-refractivity contribution in [3.8, 4) is 0 Å². The van der Waals surface area contributed by atoms with E-state index in [1.54, 1.807) is 12.4 Å². The predicted octanol–water partition coefficient (Wildman–Crippen LogP) is 1.63. The molecule has 3 aliphatic heterocycles. The van der Waals surface area contributed by atoms with Crippen LogP contribution in [0, 0.1) is 5.41 Å². The van der Waals surface area contributed by atoms with E-state index in [-0.39, 0.29) is 11.3 Å². The molecule has 3 aliphatic rings. The van der Waals surface area contributed by atoms with Crippen LogP contribution in [0.5, 0.6) is 0 Å². The minimum absolute atomic E-state index is 0.0779. The zero-order chi connectivity index (χ0) is 18.1. The van der Waals surface area contributed by atoms with Gasteiger partial charge in [0.1, 0.15) is 0 Å². The zero-order valence-corrected chi connectivity index (χ0v) is 15.6. The molecule has 6 nitrogen and oxygen atoms in total. The molecule has 0 radical (unpaired) electrons. The highest BCUT2D eigenvalue weighted by Crippen LogP contribution is 2.41. The highest BCUT2D eigenvalue weighted by Gasteiger charge is 2.44. The van der Waals surface area contributed by atoms with Gasteiger partial charge in [0, 0.05) is 51.0 Å². The first kappa shape index (κ1) is 17.5. The maximum Gasteiger partial charge on any atom is 0.255 e. The van der Waals surface area contributed by atoms with Gasteiger partial charge in [-0.15, -0.1) is 0 Å². The molecule has 4 rings (SSSR count). The average Bonchev–Trinajstić information content (AvgIpc) is 3.11. The van der Waals surface area contributed by atoms with E-state index in [9.17, 15) is 9.59 Å². The van der Waals surface area contributed by atoms with Gasteiger partial charge in [0.15, 0.2) is 0 Å². The van der Waals surface area contributed by atoms with E-state index in [2.05, 4.69) is 21.8 Å². The second-order valence-electron chi connectivity index (χ2n) is 8.26. The van der Waals surface area contributed by atoms with Crippen LogP contribution in [0.1, 0.15) is 42.5 Å². The van der Waals surface area contributed by atoms with Crippen molar-refractivity contribution in [3.05, 3.63) is 30.1 Å². The van der Waals surface area contributed by atoms with Crippen molar-refractivity contribution in [2.75, 3.05) is 39.8 Å². The second kappa shape index (κ2) is 6.99. The van der Waals surface area contributed by atoms with E-state index in [0.717, 1.165) is 58.4 Å². The molecule has 0 bridgehead atoms. The Morgan fingerprint density at radius 1 is 1.23 bits per heavy atom. The Morgan fingerprint density at radius 3 is 2.69 bits per heavy atom. The van der Waals surface area contributed by atoms with Gasteiger partial charge in [0.2, 0.25) is 5.91 Å². The number of aromatic nitrogens is 1. The van der Waals surface area contributed by atoms with Crippen molar-refractivity contribution in [2.45, 2.75) is 38.1 Å². The lowest BCUT2D eigenvalue weighted by atomic mass is 9.72. The lowest BCUT2D eigenvalue weighted by molar-refractivity contribution is -0.141. The molecule has 3 saturated heterocycles. The number of carbonyl (C=O) groups excluding carboxylic acids is 2. The fraction of sp³-hybridized carbons (Fsp3) is 0.650. The Balaban J connectivity index is 1.40. The van der Waals surface area contributed by atoms with Crippen LogP contribution in [0.4, 0.5) is 0 Å². The van der Waals surface area contributed by atoms with Crippen LogP contribution >= 0.6 is 0 Å². The van der Waals surface area contributed by atoms with Crippen LogP contribution in [-0.4, -0.2) is 77.3 Å². The number of nitrogens with zero attached hydrogens (tertiary/aromatic N) is 4. The van der Waals surface area contributed by atoms with Crippen LogP contribution in [0.15, 0.2) is 24.5 Å². The number of hydrogen-bond acceptors (Lipinski definition) is 4. The van der Waals surface area contributed by atoms with E-state index in [4.69, 9.17) is 0 Å². The summed E-state index contributed by atoms with van der Waals surface area (Å²) in [5.74, 6) is 0.402. The lowest BCUT2D eigenvalue weighted by Gasteiger charge is -2.49. The maximum atomic E-state index is 12.6. The molecular weight excluding hydrogens is 328 g/mol. The summed E-state index contributed by atoms with van der Waals surface area (Å²) in [4.78, 5) is 35.6. The lowest BCUT2D eigenvalue weighted by Crippen LogP contribution is -2.55. The first-order chi connectivity index (χ1) is 12.6. The molecule has 4 heterocycles. The number of rotatable bonds is 2. The van der Waals surface area contributed by atoms with Gasteiger partial charge in [-0.1, -0.05) is 0 Å². The molecule has 1 spiro atoms. The summed E-state index contributed by atoms with van der Waals surface area (Å²) in [7, 11) is 2.13.